The van der Waals surface area contributed by atoms with Gasteiger partial charge in [0, 0.05) is 11.9 Å². The molecular weight excluding hydrogens is 258 g/mol. The van der Waals surface area contributed by atoms with Crippen LogP contribution >= 0.6 is 0 Å². The summed E-state index contributed by atoms with van der Waals surface area (Å²) in [5.74, 6) is -0.242. The molecule has 1 atom stereocenters. The molecule has 1 aliphatic rings. The van der Waals surface area contributed by atoms with Gasteiger partial charge in [-0.15, -0.1) is 0 Å². The summed E-state index contributed by atoms with van der Waals surface area (Å²) in [6.45, 7) is 0.562. The minimum absolute atomic E-state index is 0.0486. The van der Waals surface area contributed by atoms with Gasteiger partial charge in [0.1, 0.15) is 0 Å². The van der Waals surface area contributed by atoms with Gasteiger partial charge in [0.15, 0.2) is 5.69 Å². The lowest BCUT2D eigenvalue weighted by Crippen LogP contribution is -2.38. The number of H-pyrrole nitrogens is 1. The Bertz CT molecular complexity index is 710. The van der Waals surface area contributed by atoms with Gasteiger partial charge >= 0.3 is 0 Å². The van der Waals surface area contributed by atoms with Gasteiger partial charge in [-0.05, 0) is 18.9 Å². The maximum absolute atomic E-state index is 12.6. The number of aromatic amines is 1. The first-order valence-corrected chi connectivity index (χ1v) is 6.61. The second kappa shape index (κ2) is 5.05. The van der Waals surface area contributed by atoms with E-state index in [0.29, 0.717) is 17.3 Å². The van der Waals surface area contributed by atoms with Crippen LogP contribution < -0.4 is 5.56 Å². The number of nitrogens with zero attached hydrogens (tertiary/aromatic N) is 2. The van der Waals surface area contributed by atoms with Crippen LogP contribution in [0.25, 0.3) is 10.8 Å². The second-order valence-corrected chi connectivity index (χ2v) is 4.92. The van der Waals surface area contributed by atoms with Crippen LogP contribution in [0.4, 0.5) is 0 Å². The van der Waals surface area contributed by atoms with E-state index in [1.54, 1.807) is 29.2 Å². The van der Waals surface area contributed by atoms with Crippen LogP contribution in [0.2, 0.25) is 0 Å². The van der Waals surface area contributed by atoms with Gasteiger partial charge in [-0.1, -0.05) is 18.2 Å². The SMILES string of the molecule is O=C(c1n[nH]c(=O)c2ccccc12)N1CCCC1CO. The molecule has 1 aromatic heterocycles. The standard InChI is InChI=1S/C14H15N3O3/c18-8-9-4-3-7-17(9)14(20)12-10-5-1-2-6-11(10)13(19)16-15-12/h1-2,5-6,9,18H,3-4,7-8H2,(H,16,19). The number of benzene rings is 1. The van der Waals surface area contributed by atoms with Crippen LogP contribution in [0.1, 0.15) is 23.3 Å². The van der Waals surface area contributed by atoms with Gasteiger partial charge < -0.3 is 10.0 Å². The van der Waals surface area contributed by atoms with Gasteiger partial charge in [-0.3, -0.25) is 9.59 Å². The second-order valence-electron chi connectivity index (χ2n) is 4.92. The third-order valence-corrected chi connectivity index (χ3v) is 3.75. The molecule has 3 rings (SSSR count). The Balaban J connectivity index is 2.08. The number of hydrogen-bond donors (Lipinski definition) is 2. The van der Waals surface area contributed by atoms with Gasteiger partial charge in [0.05, 0.1) is 18.0 Å². The Morgan fingerprint density at radius 3 is 2.90 bits per heavy atom. The fourth-order valence-corrected chi connectivity index (χ4v) is 2.71. The lowest BCUT2D eigenvalue weighted by Gasteiger charge is -2.22. The van der Waals surface area contributed by atoms with E-state index in [0.717, 1.165) is 12.8 Å². The Morgan fingerprint density at radius 2 is 2.15 bits per heavy atom. The fraction of sp³-hybridized carbons (Fsp3) is 0.357. The molecule has 0 saturated carbocycles. The van der Waals surface area contributed by atoms with Crippen molar-refractivity contribution in [2.45, 2.75) is 18.9 Å². The van der Waals surface area contributed by atoms with Gasteiger partial charge in [0.2, 0.25) is 0 Å². The van der Waals surface area contributed by atoms with Crippen LogP contribution in [0, 0.1) is 0 Å². The summed E-state index contributed by atoms with van der Waals surface area (Å²) in [7, 11) is 0. The van der Waals surface area contributed by atoms with Crippen LogP contribution in [0.5, 0.6) is 0 Å². The highest BCUT2D eigenvalue weighted by atomic mass is 16.3. The number of fused-ring (bicyclic) bond motifs is 1. The molecule has 2 heterocycles. The third-order valence-electron chi connectivity index (χ3n) is 3.75. The summed E-state index contributed by atoms with van der Waals surface area (Å²) in [4.78, 5) is 25.9. The first kappa shape index (κ1) is 12.8. The molecule has 104 valence electrons. The van der Waals surface area contributed by atoms with Crippen molar-refractivity contribution in [2.75, 3.05) is 13.2 Å². The van der Waals surface area contributed by atoms with E-state index in [-0.39, 0.29) is 29.8 Å². The van der Waals surface area contributed by atoms with Gasteiger partial charge in [0.25, 0.3) is 11.5 Å². The molecule has 6 nitrogen and oxygen atoms in total. The highest BCUT2D eigenvalue weighted by Gasteiger charge is 2.30. The van der Waals surface area contributed by atoms with Crippen LogP contribution in [-0.2, 0) is 0 Å². The number of amides is 1. The lowest BCUT2D eigenvalue weighted by atomic mass is 10.1. The highest BCUT2D eigenvalue weighted by molar-refractivity contribution is 6.04. The summed E-state index contributed by atoms with van der Waals surface area (Å²) in [6, 6.07) is 6.75. The first-order valence-electron chi connectivity index (χ1n) is 6.61. The minimum atomic E-state index is -0.308. The van der Waals surface area contributed by atoms with E-state index in [9.17, 15) is 14.7 Å². The van der Waals surface area contributed by atoms with Crippen molar-refractivity contribution in [3.63, 3.8) is 0 Å². The molecule has 1 saturated heterocycles. The topological polar surface area (TPSA) is 86.3 Å². The Kier molecular flexibility index (Phi) is 3.23. The average Bonchev–Trinajstić information content (AvgIpc) is 2.96. The molecule has 0 radical (unpaired) electrons. The molecule has 20 heavy (non-hydrogen) atoms. The highest BCUT2D eigenvalue weighted by Crippen LogP contribution is 2.21. The third kappa shape index (κ3) is 1.98. The number of rotatable bonds is 2. The van der Waals surface area contributed by atoms with E-state index in [1.807, 2.05) is 0 Å². The maximum Gasteiger partial charge on any atom is 0.275 e. The first-order chi connectivity index (χ1) is 9.72. The van der Waals surface area contributed by atoms with E-state index in [1.165, 1.54) is 0 Å². The average molecular weight is 273 g/mol. The molecule has 1 aliphatic heterocycles. The largest absolute Gasteiger partial charge is 0.394 e. The van der Waals surface area contributed by atoms with Crippen molar-refractivity contribution in [3.8, 4) is 0 Å². The molecule has 6 heteroatoms. The van der Waals surface area contributed by atoms with E-state index >= 15 is 0 Å². The summed E-state index contributed by atoms with van der Waals surface area (Å²) in [5, 5.41) is 16.6. The van der Waals surface area contributed by atoms with Crippen molar-refractivity contribution in [1.82, 2.24) is 15.1 Å². The summed E-state index contributed by atoms with van der Waals surface area (Å²) in [6.07, 6.45) is 1.67. The monoisotopic (exact) mass is 273 g/mol. The van der Waals surface area contributed by atoms with Crippen molar-refractivity contribution < 1.29 is 9.90 Å². The molecular formula is C14H15N3O3. The molecule has 1 unspecified atom stereocenters. The van der Waals surface area contributed by atoms with Crippen molar-refractivity contribution in [2.24, 2.45) is 0 Å². The van der Waals surface area contributed by atoms with Crippen LogP contribution in [-0.4, -0.2) is 45.3 Å². The normalized spacial score (nSPS) is 18.6. The Morgan fingerprint density at radius 1 is 1.40 bits per heavy atom. The molecule has 1 aromatic carbocycles. The number of aliphatic hydroxyl groups is 1. The van der Waals surface area contributed by atoms with Gasteiger partial charge in [-0.2, -0.15) is 5.10 Å². The number of nitrogens with one attached hydrogen (secondary N) is 1. The summed E-state index contributed by atoms with van der Waals surface area (Å²) >= 11 is 0. The number of carbonyl (C=O) groups excluding carboxylic acids is 1. The zero-order valence-electron chi connectivity index (χ0n) is 10.9. The maximum atomic E-state index is 12.6. The fourth-order valence-electron chi connectivity index (χ4n) is 2.71. The quantitative estimate of drug-likeness (QED) is 0.835. The molecule has 1 amide bonds. The number of likely N-dealkylation sites (tertiary alicyclic amines) is 1. The number of aromatic nitrogens is 2. The summed E-state index contributed by atoms with van der Waals surface area (Å²) < 4.78 is 0. The van der Waals surface area contributed by atoms with Crippen LogP contribution in [0.3, 0.4) is 0 Å². The molecule has 2 N–H and O–H groups in total. The zero-order chi connectivity index (χ0) is 14.1. The molecule has 0 aliphatic carbocycles. The van der Waals surface area contributed by atoms with Gasteiger partial charge in [-0.25, -0.2) is 5.10 Å². The smallest absolute Gasteiger partial charge is 0.275 e. The minimum Gasteiger partial charge on any atom is -0.394 e. The molecule has 2 aromatic rings. The number of hydrogen-bond acceptors (Lipinski definition) is 4. The van der Waals surface area contributed by atoms with E-state index in [2.05, 4.69) is 10.2 Å². The summed E-state index contributed by atoms with van der Waals surface area (Å²) in [5.41, 5.74) is -0.0715. The predicted molar refractivity (Wildman–Crippen MR) is 73.5 cm³/mol. The number of carbonyl (C=O) groups is 1. The number of aliphatic hydroxyl groups excluding tert-OH is 1. The van der Waals surface area contributed by atoms with E-state index in [4.69, 9.17) is 0 Å². The van der Waals surface area contributed by atoms with Crippen molar-refractivity contribution in [3.05, 3.63) is 40.3 Å². The van der Waals surface area contributed by atoms with Crippen molar-refractivity contribution in [1.29, 1.82) is 0 Å². The van der Waals surface area contributed by atoms with Crippen molar-refractivity contribution >= 4 is 16.7 Å². The Hall–Kier alpha value is -2.21. The Labute approximate surface area is 115 Å². The predicted octanol–water partition coefficient (Wildman–Crippen LogP) is 0.520. The van der Waals surface area contributed by atoms with E-state index < -0.39 is 0 Å². The molecule has 0 bridgehead atoms. The lowest BCUT2D eigenvalue weighted by molar-refractivity contribution is 0.0672. The molecule has 0 spiro atoms. The zero-order valence-corrected chi connectivity index (χ0v) is 10.9. The molecule has 1 fully saturated rings. The van der Waals surface area contributed by atoms with Crippen LogP contribution in [0.15, 0.2) is 29.1 Å².